The van der Waals surface area contributed by atoms with E-state index in [2.05, 4.69) is 10.1 Å². The summed E-state index contributed by atoms with van der Waals surface area (Å²) in [6, 6.07) is 10.0. The van der Waals surface area contributed by atoms with Crippen LogP contribution in [-0.2, 0) is 16.0 Å². The molecule has 4 rings (SSSR count). The van der Waals surface area contributed by atoms with Crippen molar-refractivity contribution in [1.29, 1.82) is 0 Å². The van der Waals surface area contributed by atoms with E-state index in [1.807, 2.05) is 0 Å². The lowest BCUT2D eigenvalue weighted by Gasteiger charge is -2.11. The Balaban J connectivity index is 1.95. The highest BCUT2D eigenvalue weighted by Crippen LogP contribution is 2.30. The summed E-state index contributed by atoms with van der Waals surface area (Å²) in [6.45, 7) is 1.43. The number of nitrogens with zero attached hydrogens (tertiary/aromatic N) is 4. The summed E-state index contributed by atoms with van der Waals surface area (Å²) in [5.41, 5.74) is -1.05. The number of rotatable bonds is 5. The number of alkyl halides is 3. The number of hydrogen-bond acceptors (Lipinski definition) is 6. The third-order valence-electron chi connectivity index (χ3n) is 5.00. The van der Waals surface area contributed by atoms with Crippen LogP contribution in [0.5, 0.6) is 5.75 Å². The Kier molecular flexibility index (Phi) is 5.48. The van der Waals surface area contributed by atoms with Gasteiger partial charge in [0.1, 0.15) is 10.6 Å². The lowest BCUT2D eigenvalue weighted by atomic mass is 10.1. The van der Waals surface area contributed by atoms with E-state index >= 15 is 0 Å². The first-order chi connectivity index (χ1) is 15.5. The largest absolute Gasteiger partial charge is 0.497 e. The number of sulfone groups is 1. The summed E-state index contributed by atoms with van der Waals surface area (Å²) >= 11 is 0. The molecule has 3 heterocycles. The second-order valence-electron chi connectivity index (χ2n) is 7.02. The van der Waals surface area contributed by atoms with Crippen molar-refractivity contribution in [2.24, 2.45) is 0 Å². The number of hydrogen-bond donors (Lipinski definition) is 0. The van der Waals surface area contributed by atoms with Gasteiger partial charge < -0.3 is 4.74 Å². The SMILES string of the molecule is CCS(=O)(=O)c1cc(-c2cccc(OC)c2)cnc1-n1nc2ccc(C(F)(F)F)cn2c1=O. The van der Waals surface area contributed by atoms with Gasteiger partial charge in [0.05, 0.1) is 18.4 Å². The molecule has 0 N–H and O–H groups in total. The van der Waals surface area contributed by atoms with Crippen molar-refractivity contribution in [2.75, 3.05) is 12.9 Å². The minimum absolute atomic E-state index is 0.0912. The number of benzene rings is 1. The van der Waals surface area contributed by atoms with Crippen molar-refractivity contribution in [3.05, 3.63) is 70.9 Å². The van der Waals surface area contributed by atoms with Crippen LogP contribution in [-0.4, -0.2) is 40.4 Å². The molecule has 0 saturated carbocycles. The Morgan fingerprint density at radius 1 is 1.09 bits per heavy atom. The summed E-state index contributed by atoms with van der Waals surface area (Å²) in [7, 11) is -2.40. The van der Waals surface area contributed by atoms with E-state index < -0.39 is 27.3 Å². The average Bonchev–Trinajstić information content (AvgIpc) is 3.14. The van der Waals surface area contributed by atoms with E-state index in [4.69, 9.17) is 4.74 Å². The fourth-order valence-corrected chi connectivity index (χ4v) is 4.26. The molecular weight excluding hydrogens is 461 g/mol. The minimum atomic E-state index is -4.66. The first-order valence-corrected chi connectivity index (χ1v) is 11.3. The highest BCUT2D eigenvalue weighted by molar-refractivity contribution is 7.91. The molecule has 0 aliphatic heterocycles. The van der Waals surface area contributed by atoms with Gasteiger partial charge in [0.15, 0.2) is 21.3 Å². The molecule has 172 valence electrons. The van der Waals surface area contributed by atoms with E-state index in [9.17, 15) is 26.4 Å². The first kappa shape index (κ1) is 22.5. The maximum Gasteiger partial charge on any atom is 0.417 e. The van der Waals surface area contributed by atoms with Crippen molar-refractivity contribution in [2.45, 2.75) is 18.0 Å². The summed E-state index contributed by atoms with van der Waals surface area (Å²) in [4.78, 5) is 16.8. The third-order valence-corrected chi connectivity index (χ3v) is 6.73. The lowest BCUT2D eigenvalue weighted by Crippen LogP contribution is -2.23. The predicted octanol–water partition coefficient (Wildman–Crippen LogP) is 3.37. The average molecular weight is 478 g/mol. The molecule has 12 heteroatoms. The quantitative estimate of drug-likeness (QED) is 0.437. The fraction of sp³-hybridized carbons (Fsp3) is 0.190. The zero-order chi connectivity index (χ0) is 24.0. The van der Waals surface area contributed by atoms with Gasteiger partial charge in [-0.15, -0.1) is 5.10 Å². The molecule has 0 saturated heterocycles. The minimum Gasteiger partial charge on any atom is -0.497 e. The maximum absolute atomic E-state index is 13.1. The lowest BCUT2D eigenvalue weighted by molar-refractivity contribution is -0.137. The highest BCUT2D eigenvalue weighted by Gasteiger charge is 2.31. The second kappa shape index (κ2) is 8.03. The molecule has 0 atom stereocenters. The van der Waals surface area contributed by atoms with Crippen LogP contribution in [0.1, 0.15) is 12.5 Å². The Morgan fingerprint density at radius 3 is 2.52 bits per heavy atom. The molecule has 0 bridgehead atoms. The molecule has 0 fully saturated rings. The molecular formula is C21H17F3N4O4S. The first-order valence-electron chi connectivity index (χ1n) is 9.61. The Bertz CT molecular complexity index is 1520. The Labute approximate surface area is 185 Å². The van der Waals surface area contributed by atoms with Crippen LogP contribution in [0.15, 0.2) is 64.5 Å². The van der Waals surface area contributed by atoms with Crippen LogP contribution in [0.25, 0.3) is 22.6 Å². The van der Waals surface area contributed by atoms with Crippen LogP contribution in [0.2, 0.25) is 0 Å². The standard InChI is InChI=1S/C21H17F3N4O4S/c1-3-33(30,31)17-10-14(13-5-4-6-16(9-13)32-2)11-25-19(17)28-20(29)27-12-15(21(22,23)24)7-8-18(27)26-28/h4-12H,3H2,1-2H3. The Morgan fingerprint density at radius 2 is 1.85 bits per heavy atom. The van der Waals surface area contributed by atoms with E-state index in [-0.39, 0.29) is 22.1 Å². The summed E-state index contributed by atoms with van der Waals surface area (Å²) in [5.74, 6) is -0.0388. The van der Waals surface area contributed by atoms with Crippen LogP contribution in [0, 0.1) is 0 Å². The molecule has 3 aromatic heterocycles. The highest BCUT2D eigenvalue weighted by atomic mass is 32.2. The number of methoxy groups -OCH3 is 1. The van der Waals surface area contributed by atoms with Crippen molar-refractivity contribution in [1.82, 2.24) is 19.2 Å². The molecule has 0 amide bonds. The molecule has 33 heavy (non-hydrogen) atoms. The molecule has 0 radical (unpaired) electrons. The van der Waals surface area contributed by atoms with Gasteiger partial charge in [-0.3, -0.25) is 0 Å². The van der Waals surface area contributed by atoms with Crippen LogP contribution in [0.3, 0.4) is 0 Å². The van der Waals surface area contributed by atoms with Gasteiger partial charge in [-0.25, -0.2) is 22.6 Å². The zero-order valence-electron chi connectivity index (χ0n) is 17.4. The van der Waals surface area contributed by atoms with Gasteiger partial charge in [0.2, 0.25) is 0 Å². The van der Waals surface area contributed by atoms with Crippen molar-refractivity contribution < 1.29 is 26.3 Å². The van der Waals surface area contributed by atoms with E-state index in [0.717, 1.165) is 12.1 Å². The third kappa shape index (κ3) is 4.09. The number of pyridine rings is 2. The number of aromatic nitrogens is 4. The fourth-order valence-electron chi connectivity index (χ4n) is 3.22. The maximum atomic E-state index is 13.1. The Hall–Kier alpha value is -3.67. The number of halogens is 3. The summed E-state index contributed by atoms with van der Waals surface area (Å²) in [5, 5.41) is 4.00. The monoisotopic (exact) mass is 478 g/mol. The topological polar surface area (TPSA) is 95.6 Å². The molecule has 4 aromatic rings. The van der Waals surface area contributed by atoms with Gasteiger partial charge in [0, 0.05) is 18.0 Å². The normalized spacial score (nSPS) is 12.3. The smallest absolute Gasteiger partial charge is 0.417 e. The van der Waals surface area contributed by atoms with Gasteiger partial charge >= 0.3 is 11.9 Å². The molecule has 0 aliphatic carbocycles. The van der Waals surface area contributed by atoms with Gasteiger partial charge in [0.25, 0.3) is 0 Å². The molecule has 0 spiro atoms. The van der Waals surface area contributed by atoms with Crippen LogP contribution < -0.4 is 10.4 Å². The summed E-state index contributed by atoms with van der Waals surface area (Å²) in [6.07, 6.45) is -2.70. The van der Waals surface area contributed by atoms with Gasteiger partial charge in [-0.1, -0.05) is 19.1 Å². The van der Waals surface area contributed by atoms with E-state index in [1.54, 1.807) is 24.3 Å². The second-order valence-corrected chi connectivity index (χ2v) is 9.27. The molecule has 0 aliphatic rings. The van der Waals surface area contributed by atoms with Crippen LogP contribution >= 0.6 is 0 Å². The molecule has 8 nitrogen and oxygen atoms in total. The van der Waals surface area contributed by atoms with E-state index in [1.165, 1.54) is 26.3 Å². The van der Waals surface area contributed by atoms with Gasteiger partial charge in [-0.05, 0) is 35.9 Å². The van der Waals surface area contributed by atoms with E-state index in [0.29, 0.717) is 32.2 Å². The molecule has 0 unspecified atom stereocenters. The number of ether oxygens (including phenoxy) is 1. The van der Waals surface area contributed by atoms with Crippen molar-refractivity contribution in [3.63, 3.8) is 0 Å². The van der Waals surface area contributed by atoms with Gasteiger partial charge in [-0.2, -0.15) is 17.9 Å². The molecule has 1 aromatic carbocycles. The zero-order valence-corrected chi connectivity index (χ0v) is 18.2. The van der Waals surface area contributed by atoms with Crippen LogP contribution in [0.4, 0.5) is 13.2 Å². The van der Waals surface area contributed by atoms with Crippen molar-refractivity contribution >= 4 is 15.5 Å². The predicted molar refractivity (Wildman–Crippen MR) is 113 cm³/mol. The summed E-state index contributed by atoms with van der Waals surface area (Å²) < 4.78 is 71.5. The number of fused-ring (bicyclic) bond motifs is 1. The van der Waals surface area contributed by atoms with Crippen molar-refractivity contribution in [3.8, 4) is 22.7 Å².